The Morgan fingerprint density at radius 3 is 2.35 bits per heavy atom. The van der Waals surface area contributed by atoms with E-state index in [1.807, 2.05) is 25.1 Å². The Hall–Kier alpha value is -2.89. The molecule has 3 heterocycles. The highest BCUT2D eigenvalue weighted by Gasteiger charge is 2.20. The molecule has 0 N–H and O–H groups in total. The molecule has 2 aromatic heterocycles. The molecular formula is C20H23N5O. The molecule has 0 radical (unpaired) electrons. The van der Waals surface area contributed by atoms with E-state index in [9.17, 15) is 0 Å². The number of aryl methyl sites for hydroxylation is 2. The second-order valence-corrected chi connectivity index (χ2v) is 6.65. The number of benzene rings is 1. The molecule has 0 unspecified atom stereocenters. The summed E-state index contributed by atoms with van der Waals surface area (Å²) in [4.78, 5) is 18.1. The number of piperazine rings is 1. The average molecular weight is 349 g/mol. The molecule has 0 bridgehead atoms. The number of aromatic nitrogens is 3. The van der Waals surface area contributed by atoms with E-state index in [0.29, 0.717) is 0 Å². The van der Waals surface area contributed by atoms with Gasteiger partial charge in [0.05, 0.1) is 7.11 Å². The molecule has 1 aromatic carbocycles. The topological polar surface area (TPSA) is 54.4 Å². The molecule has 0 aliphatic carbocycles. The highest BCUT2D eigenvalue weighted by Crippen LogP contribution is 2.29. The van der Waals surface area contributed by atoms with E-state index in [0.717, 1.165) is 60.2 Å². The molecule has 4 rings (SSSR count). The van der Waals surface area contributed by atoms with Crippen molar-refractivity contribution in [2.75, 3.05) is 43.1 Å². The van der Waals surface area contributed by atoms with E-state index in [1.165, 1.54) is 5.56 Å². The molecule has 0 spiro atoms. The molecule has 1 aliphatic heterocycles. The highest BCUT2D eigenvalue weighted by atomic mass is 16.5. The number of hydrogen-bond donors (Lipinski definition) is 0. The maximum Gasteiger partial charge on any atom is 0.145 e. The Bertz CT molecular complexity index is 935. The number of ether oxygens (including phenoxy) is 1. The van der Waals surface area contributed by atoms with Crippen LogP contribution in [0.2, 0.25) is 0 Å². The van der Waals surface area contributed by atoms with Crippen LogP contribution < -0.4 is 14.5 Å². The van der Waals surface area contributed by atoms with Crippen LogP contribution in [0.3, 0.4) is 0 Å². The van der Waals surface area contributed by atoms with Gasteiger partial charge in [0, 0.05) is 43.3 Å². The van der Waals surface area contributed by atoms with Gasteiger partial charge >= 0.3 is 0 Å². The minimum atomic E-state index is 0.822. The molecule has 1 fully saturated rings. The zero-order valence-electron chi connectivity index (χ0n) is 15.4. The van der Waals surface area contributed by atoms with Crippen LogP contribution in [0.5, 0.6) is 5.75 Å². The zero-order valence-corrected chi connectivity index (χ0v) is 15.4. The Morgan fingerprint density at radius 2 is 1.65 bits per heavy atom. The molecule has 1 aliphatic rings. The monoisotopic (exact) mass is 349 g/mol. The fraction of sp³-hybridized carbons (Fsp3) is 0.350. The van der Waals surface area contributed by atoms with Crippen LogP contribution in [-0.4, -0.2) is 48.2 Å². The number of para-hydroxylation sites is 1. The molecule has 0 atom stereocenters. The second-order valence-electron chi connectivity index (χ2n) is 6.65. The Balaban J connectivity index is 1.58. The smallest absolute Gasteiger partial charge is 0.145 e. The van der Waals surface area contributed by atoms with Gasteiger partial charge in [0.2, 0.25) is 0 Å². The summed E-state index contributed by atoms with van der Waals surface area (Å²) in [5, 5.41) is 1.14. The molecule has 1 saturated heterocycles. The van der Waals surface area contributed by atoms with Gasteiger partial charge < -0.3 is 14.5 Å². The first-order valence-electron chi connectivity index (χ1n) is 8.88. The first-order chi connectivity index (χ1) is 12.7. The fourth-order valence-electron chi connectivity index (χ4n) is 3.48. The quantitative estimate of drug-likeness (QED) is 0.725. The van der Waals surface area contributed by atoms with E-state index in [1.54, 1.807) is 13.4 Å². The summed E-state index contributed by atoms with van der Waals surface area (Å²) in [5.74, 6) is 2.84. The van der Waals surface area contributed by atoms with Gasteiger partial charge in [-0.15, -0.1) is 0 Å². The number of anilines is 2. The van der Waals surface area contributed by atoms with Crippen LogP contribution in [0.15, 0.2) is 36.7 Å². The van der Waals surface area contributed by atoms with E-state index in [4.69, 9.17) is 9.72 Å². The van der Waals surface area contributed by atoms with E-state index >= 15 is 0 Å². The van der Waals surface area contributed by atoms with Gasteiger partial charge in [0.25, 0.3) is 0 Å². The SMILES string of the molecule is COc1cccc2c(C)cc(N3CCN(c4cc(C)ncn4)CC3)nc12. The van der Waals surface area contributed by atoms with Crippen molar-refractivity contribution < 1.29 is 4.74 Å². The first-order valence-corrected chi connectivity index (χ1v) is 8.88. The summed E-state index contributed by atoms with van der Waals surface area (Å²) in [6.45, 7) is 7.79. The lowest BCUT2D eigenvalue weighted by Crippen LogP contribution is -2.47. The van der Waals surface area contributed by atoms with Crippen LogP contribution in [0.25, 0.3) is 10.9 Å². The largest absolute Gasteiger partial charge is 0.494 e. The maximum atomic E-state index is 5.51. The van der Waals surface area contributed by atoms with E-state index in [-0.39, 0.29) is 0 Å². The fourth-order valence-corrected chi connectivity index (χ4v) is 3.48. The summed E-state index contributed by atoms with van der Waals surface area (Å²) in [5.41, 5.74) is 3.15. The zero-order chi connectivity index (χ0) is 18.1. The first kappa shape index (κ1) is 16.6. The number of fused-ring (bicyclic) bond motifs is 1. The van der Waals surface area contributed by atoms with Gasteiger partial charge in [0.15, 0.2) is 0 Å². The third kappa shape index (κ3) is 3.03. The summed E-state index contributed by atoms with van der Waals surface area (Å²) in [6, 6.07) is 10.3. The van der Waals surface area contributed by atoms with Gasteiger partial charge in [0.1, 0.15) is 29.2 Å². The standard InChI is InChI=1S/C20H23N5O/c1-14-11-19(23-20-16(14)5-4-6-17(20)26-3)25-9-7-24(8-10-25)18-12-15(2)21-13-22-18/h4-6,11-13H,7-10H2,1-3H3. The number of methoxy groups -OCH3 is 1. The van der Waals surface area contributed by atoms with Crippen molar-refractivity contribution in [1.82, 2.24) is 15.0 Å². The van der Waals surface area contributed by atoms with Gasteiger partial charge in [-0.25, -0.2) is 15.0 Å². The number of nitrogens with zero attached hydrogens (tertiary/aromatic N) is 5. The van der Waals surface area contributed by atoms with Gasteiger partial charge in [-0.05, 0) is 31.5 Å². The maximum absolute atomic E-state index is 5.51. The van der Waals surface area contributed by atoms with Crippen molar-refractivity contribution in [2.24, 2.45) is 0 Å². The third-order valence-corrected chi connectivity index (χ3v) is 4.93. The van der Waals surface area contributed by atoms with Gasteiger partial charge in [-0.3, -0.25) is 0 Å². The highest BCUT2D eigenvalue weighted by molar-refractivity contribution is 5.88. The summed E-state index contributed by atoms with van der Waals surface area (Å²) >= 11 is 0. The predicted octanol–water partition coefficient (Wildman–Crippen LogP) is 2.98. The lowest BCUT2D eigenvalue weighted by atomic mass is 10.1. The summed E-state index contributed by atoms with van der Waals surface area (Å²) < 4.78 is 5.51. The Labute approximate surface area is 153 Å². The van der Waals surface area contributed by atoms with Crippen molar-refractivity contribution in [3.05, 3.63) is 47.9 Å². The lowest BCUT2D eigenvalue weighted by Gasteiger charge is -2.36. The minimum absolute atomic E-state index is 0.822. The molecular weight excluding hydrogens is 326 g/mol. The lowest BCUT2D eigenvalue weighted by molar-refractivity contribution is 0.419. The molecule has 3 aromatic rings. The van der Waals surface area contributed by atoms with Crippen LogP contribution in [0.1, 0.15) is 11.3 Å². The Kier molecular flexibility index (Phi) is 4.32. The Morgan fingerprint density at radius 1 is 0.923 bits per heavy atom. The summed E-state index contributed by atoms with van der Waals surface area (Å²) in [7, 11) is 1.70. The van der Waals surface area contributed by atoms with Crippen molar-refractivity contribution in [1.29, 1.82) is 0 Å². The molecule has 26 heavy (non-hydrogen) atoms. The van der Waals surface area contributed by atoms with Crippen molar-refractivity contribution >= 4 is 22.5 Å². The van der Waals surface area contributed by atoms with Crippen molar-refractivity contribution in [2.45, 2.75) is 13.8 Å². The van der Waals surface area contributed by atoms with Crippen molar-refractivity contribution in [3.8, 4) is 5.75 Å². The van der Waals surface area contributed by atoms with E-state index in [2.05, 4.69) is 38.8 Å². The number of rotatable bonds is 3. The van der Waals surface area contributed by atoms with Gasteiger partial charge in [-0.2, -0.15) is 0 Å². The molecule has 134 valence electrons. The average Bonchev–Trinajstić information content (AvgIpc) is 2.67. The van der Waals surface area contributed by atoms with Crippen LogP contribution in [0, 0.1) is 13.8 Å². The second kappa shape index (κ2) is 6.78. The molecule has 0 saturated carbocycles. The molecule has 6 heteroatoms. The minimum Gasteiger partial charge on any atom is -0.494 e. The molecule has 0 amide bonds. The van der Waals surface area contributed by atoms with Crippen LogP contribution in [0.4, 0.5) is 11.6 Å². The van der Waals surface area contributed by atoms with Crippen molar-refractivity contribution in [3.63, 3.8) is 0 Å². The summed E-state index contributed by atoms with van der Waals surface area (Å²) in [6.07, 6.45) is 1.64. The van der Waals surface area contributed by atoms with Crippen LogP contribution >= 0.6 is 0 Å². The third-order valence-electron chi connectivity index (χ3n) is 4.93. The normalized spacial score (nSPS) is 14.7. The number of pyridine rings is 1. The number of hydrogen-bond acceptors (Lipinski definition) is 6. The van der Waals surface area contributed by atoms with Gasteiger partial charge in [-0.1, -0.05) is 12.1 Å². The molecule has 6 nitrogen and oxygen atoms in total. The van der Waals surface area contributed by atoms with E-state index < -0.39 is 0 Å². The predicted molar refractivity (Wildman–Crippen MR) is 104 cm³/mol. The van der Waals surface area contributed by atoms with Crippen LogP contribution in [-0.2, 0) is 0 Å².